The van der Waals surface area contributed by atoms with Crippen LogP contribution in [0.4, 0.5) is 18.9 Å². The van der Waals surface area contributed by atoms with Gasteiger partial charge >= 0.3 is 0 Å². The monoisotopic (exact) mass is 435 g/mol. The number of aromatic amines is 1. The van der Waals surface area contributed by atoms with Gasteiger partial charge in [0.1, 0.15) is 12.4 Å². The molecular formula is C20H16F3N3O3S. The predicted molar refractivity (Wildman–Crippen MR) is 106 cm³/mol. The Kier molecular flexibility index (Phi) is 6.78. The molecule has 30 heavy (non-hydrogen) atoms. The number of benzene rings is 2. The molecule has 0 radical (unpaired) electrons. The summed E-state index contributed by atoms with van der Waals surface area (Å²) in [6, 6.07) is 11.9. The average Bonchev–Trinajstić information content (AvgIpc) is 2.73. The van der Waals surface area contributed by atoms with E-state index in [1.807, 2.05) is 6.07 Å². The lowest BCUT2D eigenvalue weighted by molar-refractivity contribution is -0.115. The number of carbonyl (C=O) groups is 1. The zero-order valence-electron chi connectivity index (χ0n) is 15.6. The normalized spacial score (nSPS) is 11.7. The summed E-state index contributed by atoms with van der Waals surface area (Å²) < 4.78 is 45.6. The maximum Gasteiger partial charge on any atom is 0.251 e. The number of H-pyrrole nitrogens is 1. The molecule has 2 N–H and O–H groups in total. The molecule has 0 spiro atoms. The van der Waals surface area contributed by atoms with Crippen molar-refractivity contribution in [2.24, 2.45) is 0 Å². The highest BCUT2D eigenvalue weighted by molar-refractivity contribution is 8.00. The first-order chi connectivity index (χ1) is 14.3. The van der Waals surface area contributed by atoms with Gasteiger partial charge in [0, 0.05) is 6.07 Å². The van der Waals surface area contributed by atoms with Crippen molar-refractivity contribution < 1.29 is 22.7 Å². The van der Waals surface area contributed by atoms with Crippen molar-refractivity contribution in [1.82, 2.24) is 9.97 Å². The Hall–Kier alpha value is -3.27. The fraction of sp³-hybridized carbons (Fsp3) is 0.150. The molecule has 0 bridgehead atoms. The van der Waals surface area contributed by atoms with Crippen molar-refractivity contribution in [1.29, 1.82) is 0 Å². The van der Waals surface area contributed by atoms with Crippen molar-refractivity contribution in [3.63, 3.8) is 0 Å². The summed E-state index contributed by atoms with van der Waals surface area (Å²) >= 11 is 0.910. The third-order valence-electron chi connectivity index (χ3n) is 3.85. The van der Waals surface area contributed by atoms with Crippen LogP contribution in [0.25, 0.3) is 0 Å². The molecule has 10 heteroatoms. The second kappa shape index (κ2) is 9.49. The Bertz CT molecular complexity index is 1110. The molecule has 3 rings (SSSR count). The van der Waals surface area contributed by atoms with Gasteiger partial charge in [-0.2, -0.15) is 0 Å². The Labute approximate surface area is 173 Å². The molecule has 0 aliphatic heterocycles. The van der Waals surface area contributed by atoms with Crippen LogP contribution in [0.3, 0.4) is 0 Å². The fourth-order valence-corrected chi connectivity index (χ4v) is 3.20. The van der Waals surface area contributed by atoms with Gasteiger partial charge in [-0.25, -0.2) is 18.2 Å². The first kappa shape index (κ1) is 21.4. The number of ether oxygens (including phenoxy) is 1. The molecule has 1 amide bonds. The Morgan fingerprint density at radius 1 is 1.17 bits per heavy atom. The van der Waals surface area contributed by atoms with E-state index < -0.39 is 39.9 Å². The minimum atomic E-state index is -1.68. The molecule has 156 valence electrons. The van der Waals surface area contributed by atoms with Crippen LogP contribution in [-0.2, 0) is 11.4 Å². The fourth-order valence-electron chi connectivity index (χ4n) is 2.36. The molecule has 2 aromatic carbocycles. The molecule has 0 aliphatic carbocycles. The van der Waals surface area contributed by atoms with E-state index in [-0.39, 0.29) is 11.8 Å². The first-order valence-corrected chi connectivity index (χ1v) is 9.60. The highest BCUT2D eigenvalue weighted by atomic mass is 32.2. The number of thioether (sulfide) groups is 1. The molecule has 0 saturated heterocycles. The van der Waals surface area contributed by atoms with Crippen LogP contribution in [0.15, 0.2) is 58.5 Å². The maximum absolute atomic E-state index is 13.7. The van der Waals surface area contributed by atoms with Crippen LogP contribution in [0.1, 0.15) is 12.6 Å². The second-order valence-electron chi connectivity index (χ2n) is 6.12. The lowest BCUT2D eigenvalue weighted by Crippen LogP contribution is -2.24. The summed E-state index contributed by atoms with van der Waals surface area (Å²) in [7, 11) is 0. The summed E-state index contributed by atoms with van der Waals surface area (Å²) in [5.41, 5.74) is -0.569. The minimum absolute atomic E-state index is 0.0438. The van der Waals surface area contributed by atoms with E-state index in [2.05, 4.69) is 15.3 Å². The van der Waals surface area contributed by atoms with Gasteiger partial charge in [0.2, 0.25) is 5.91 Å². The summed E-state index contributed by atoms with van der Waals surface area (Å²) in [5, 5.41) is 1.52. The molecule has 1 unspecified atom stereocenters. The summed E-state index contributed by atoms with van der Waals surface area (Å²) in [5.74, 6) is -4.60. The van der Waals surface area contributed by atoms with Gasteiger partial charge in [-0.15, -0.1) is 0 Å². The van der Waals surface area contributed by atoms with E-state index in [0.717, 1.165) is 17.8 Å². The third kappa shape index (κ3) is 5.41. The number of rotatable bonds is 7. The molecule has 1 atom stereocenters. The number of hydrogen-bond acceptors (Lipinski definition) is 5. The number of nitrogens with one attached hydrogen (secondary N) is 2. The zero-order chi connectivity index (χ0) is 21.7. The topological polar surface area (TPSA) is 84.1 Å². The second-order valence-corrected chi connectivity index (χ2v) is 7.45. The van der Waals surface area contributed by atoms with Crippen molar-refractivity contribution >= 4 is 23.4 Å². The van der Waals surface area contributed by atoms with Crippen LogP contribution >= 0.6 is 11.8 Å². The third-order valence-corrected chi connectivity index (χ3v) is 4.84. The van der Waals surface area contributed by atoms with Crippen LogP contribution in [0.2, 0.25) is 0 Å². The Balaban J connectivity index is 1.66. The highest BCUT2D eigenvalue weighted by Gasteiger charge is 2.20. The largest absolute Gasteiger partial charge is 0.487 e. The van der Waals surface area contributed by atoms with Crippen molar-refractivity contribution in [3.05, 3.63) is 82.0 Å². The van der Waals surface area contributed by atoms with Crippen LogP contribution in [-0.4, -0.2) is 21.1 Å². The minimum Gasteiger partial charge on any atom is -0.487 e. The van der Waals surface area contributed by atoms with Gasteiger partial charge in [0.25, 0.3) is 5.56 Å². The van der Waals surface area contributed by atoms with E-state index in [9.17, 15) is 22.8 Å². The van der Waals surface area contributed by atoms with Crippen molar-refractivity contribution in [2.75, 3.05) is 5.32 Å². The standard InChI is InChI=1S/C20H16F3N3O3S/c1-11(19(28)25-15-8-7-14(21)17(22)18(15)23)30-20-24-12(9-16(27)26-20)10-29-13-5-3-2-4-6-13/h2-9,11H,10H2,1H3,(H,25,28)(H,24,26,27). The number of anilines is 1. The smallest absolute Gasteiger partial charge is 0.251 e. The highest BCUT2D eigenvalue weighted by Crippen LogP contribution is 2.23. The molecule has 6 nitrogen and oxygen atoms in total. The van der Waals surface area contributed by atoms with Crippen LogP contribution in [0.5, 0.6) is 5.75 Å². The van der Waals surface area contributed by atoms with Crippen LogP contribution in [0, 0.1) is 17.5 Å². The molecule has 0 fully saturated rings. The number of nitrogens with zero attached hydrogens (tertiary/aromatic N) is 1. The van der Waals surface area contributed by atoms with Gasteiger partial charge in [-0.1, -0.05) is 30.0 Å². The molecule has 1 aromatic heterocycles. The predicted octanol–water partition coefficient (Wildman–Crippen LogP) is 3.89. The summed E-state index contributed by atoms with van der Waals surface area (Å²) in [6.07, 6.45) is 0. The molecule has 0 aliphatic rings. The zero-order valence-corrected chi connectivity index (χ0v) is 16.4. The average molecular weight is 435 g/mol. The quantitative estimate of drug-likeness (QED) is 0.334. The van der Waals surface area contributed by atoms with Gasteiger partial charge in [0.15, 0.2) is 22.6 Å². The van der Waals surface area contributed by atoms with E-state index in [0.29, 0.717) is 17.5 Å². The van der Waals surface area contributed by atoms with Gasteiger partial charge in [-0.3, -0.25) is 9.59 Å². The van der Waals surface area contributed by atoms with E-state index >= 15 is 0 Å². The first-order valence-electron chi connectivity index (χ1n) is 8.72. The van der Waals surface area contributed by atoms with Gasteiger partial charge in [-0.05, 0) is 31.2 Å². The molecule has 3 aromatic rings. The van der Waals surface area contributed by atoms with E-state index in [4.69, 9.17) is 4.74 Å². The van der Waals surface area contributed by atoms with Crippen molar-refractivity contribution in [2.45, 2.75) is 23.9 Å². The van der Waals surface area contributed by atoms with Gasteiger partial charge < -0.3 is 15.0 Å². The number of para-hydroxylation sites is 1. The Morgan fingerprint density at radius 2 is 1.90 bits per heavy atom. The lowest BCUT2D eigenvalue weighted by atomic mass is 10.2. The summed E-state index contributed by atoms with van der Waals surface area (Å²) in [4.78, 5) is 30.9. The van der Waals surface area contributed by atoms with Crippen molar-refractivity contribution in [3.8, 4) is 5.75 Å². The number of hydrogen-bond donors (Lipinski definition) is 2. The van der Waals surface area contributed by atoms with Gasteiger partial charge in [0.05, 0.1) is 16.6 Å². The molecule has 1 heterocycles. The van der Waals surface area contributed by atoms with E-state index in [1.54, 1.807) is 24.3 Å². The maximum atomic E-state index is 13.7. The summed E-state index contributed by atoms with van der Waals surface area (Å²) in [6.45, 7) is 1.53. The number of amides is 1. The molecular weight excluding hydrogens is 419 g/mol. The van der Waals surface area contributed by atoms with Crippen LogP contribution < -0.4 is 15.6 Å². The number of halogens is 3. The number of carbonyl (C=O) groups excluding carboxylic acids is 1. The van der Waals surface area contributed by atoms with E-state index in [1.165, 1.54) is 13.0 Å². The lowest BCUT2D eigenvalue weighted by Gasteiger charge is -2.13. The number of aromatic nitrogens is 2. The molecule has 0 saturated carbocycles. The SMILES string of the molecule is CC(Sc1nc(COc2ccccc2)cc(=O)[nH]1)C(=O)Nc1ccc(F)c(F)c1F. The Morgan fingerprint density at radius 3 is 2.63 bits per heavy atom.